The van der Waals surface area contributed by atoms with Gasteiger partial charge in [0.2, 0.25) is 0 Å². The van der Waals surface area contributed by atoms with Gasteiger partial charge < -0.3 is 15.3 Å². The van der Waals surface area contributed by atoms with E-state index in [-0.39, 0.29) is 6.54 Å². The van der Waals surface area contributed by atoms with Gasteiger partial charge in [-0.15, -0.1) is 17.8 Å². The summed E-state index contributed by atoms with van der Waals surface area (Å²) in [5, 5.41) is 11.4. The molecular formula is C13H16N2O3S. The van der Waals surface area contributed by atoms with Crippen LogP contribution in [0.1, 0.15) is 16.7 Å². The van der Waals surface area contributed by atoms with Crippen LogP contribution in [0.4, 0.5) is 4.79 Å². The normalized spacial score (nSPS) is 9.68. The quantitative estimate of drug-likeness (QED) is 0.777. The van der Waals surface area contributed by atoms with E-state index in [1.807, 2.05) is 12.1 Å². The topological polar surface area (TPSA) is 69.6 Å². The zero-order valence-corrected chi connectivity index (χ0v) is 11.5. The lowest BCUT2D eigenvalue weighted by Crippen LogP contribution is -2.42. The molecule has 6 heteroatoms. The Morgan fingerprint density at radius 3 is 2.68 bits per heavy atom. The molecule has 0 fully saturated rings. The first kappa shape index (κ1) is 15.1. The van der Waals surface area contributed by atoms with Crippen molar-refractivity contribution in [3.8, 4) is 12.3 Å². The van der Waals surface area contributed by atoms with Crippen LogP contribution in [-0.4, -0.2) is 35.1 Å². The highest BCUT2D eigenvalue weighted by molar-refractivity contribution is 7.11. The first-order chi connectivity index (χ1) is 9.06. The molecule has 0 aliphatic rings. The summed E-state index contributed by atoms with van der Waals surface area (Å²) in [5.41, 5.74) is 0. The van der Waals surface area contributed by atoms with Crippen LogP contribution < -0.4 is 5.32 Å². The molecule has 102 valence electrons. The second-order valence-corrected chi connectivity index (χ2v) is 5.09. The molecule has 0 radical (unpaired) electrons. The van der Waals surface area contributed by atoms with Crippen molar-refractivity contribution in [2.45, 2.75) is 19.9 Å². The Kier molecular flexibility index (Phi) is 5.90. The zero-order chi connectivity index (χ0) is 14.3. The van der Waals surface area contributed by atoms with E-state index in [1.165, 1.54) is 4.88 Å². The number of thiophene rings is 1. The third kappa shape index (κ3) is 5.02. The van der Waals surface area contributed by atoms with Gasteiger partial charge >= 0.3 is 12.0 Å². The first-order valence-electron chi connectivity index (χ1n) is 5.82. The van der Waals surface area contributed by atoms with E-state index in [4.69, 9.17) is 11.5 Å². The number of carbonyl (C=O) groups is 2. The van der Waals surface area contributed by atoms with Crippen molar-refractivity contribution in [2.75, 3.05) is 13.1 Å². The van der Waals surface area contributed by atoms with Crippen molar-refractivity contribution >= 4 is 23.3 Å². The van der Waals surface area contributed by atoms with Crippen LogP contribution >= 0.6 is 11.3 Å². The standard InChI is InChI=1S/C13H16N2O3S/c1-3-7-15(9-12(16)17)13(18)14-8-11-6-5-10(4-2)19-11/h1,5-6H,4,7-9H2,2H3,(H,14,18)(H,16,17). The van der Waals surface area contributed by atoms with E-state index in [1.54, 1.807) is 11.3 Å². The Bertz CT molecular complexity index is 490. The Morgan fingerprint density at radius 1 is 1.47 bits per heavy atom. The summed E-state index contributed by atoms with van der Waals surface area (Å²) in [5.74, 6) is 1.18. The Morgan fingerprint density at radius 2 is 2.16 bits per heavy atom. The molecule has 2 amide bonds. The Labute approximate surface area is 116 Å². The van der Waals surface area contributed by atoms with E-state index in [9.17, 15) is 9.59 Å². The maximum Gasteiger partial charge on any atom is 0.323 e. The lowest BCUT2D eigenvalue weighted by atomic mass is 10.3. The fourth-order valence-electron chi connectivity index (χ4n) is 1.45. The van der Waals surface area contributed by atoms with Crippen LogP contribution in [0.5, 0.6) is 0 Å². The summed E-state index contributed by atoms with van der Waals surface area (Å²) in [4.78, 5) is 25.8. The highest BCUT2D eigenvalue weighted by Crippen LogP contribution is 2.16. The van der Waals surface area contributed by atoms with Gasteiger partial charge in [-0.2, -0.15) is 0 Å². The molecule has 1 rings (SSSR count). The van der Waals surface area contributed by atoms with E-state index in [0.717, 1.165) is 16.2 Å². The Hall–Kier alpha value is -2.00. The van der Waals surface area contributed by atoms with E-state index < -0.39 is 18.5 Å². The highest BCUT2D eigenvalue weighted by Gasteiger charge is 2.15. The third-order valence-electron chi connectivity index (χ3n) is 2.38. The number of rotatable bonds is 6. The summed E-state index contributed by atoms with van der Waals surface area (Å²) in [6, 6.07) is 3.50. The van der Waals surface area contributed by atoms with Crippen LogP contribution in [-0.2, 0) is 17.8 Å². The van der Waals surface area contributed by atoms with Crippen molar-refractivity contribution in [3.63, 3.8) is 0 Å². The smallest absolute Gasteiger partial charge is 0.323 e. The van der Waals surface area contributed by atoms with Crippen molar-refractivity contribution in [2.24, 2.45) is 0 Å². The molecule has 0 aliphatic heterocycles. The number of nitrogens with zero attached hydrogens (tertiary/aromatic N) is 1. The SMILES string of the molecule is C#CCN(CC(=O)O)C(=O)NCc1ccc(CC)s1. The highest BCUT2D eigenvalue weighted by atomic mass is 32.1. The number of aryl methyl sites for hydroxylation is 1. The zero-order valence-electron chi connectivity index (χ0n) is 10.7. The average molecular weight is 280 g/mol. The summed E-state index contributed by atoms with van der Waals surface area (Å²) in [6.07, 6.45) is 6.07. The van der Waals surface area contributed by atoms with Crippen molar-refractivity contribution in [3.05, 3.63) is 21.9 Å². The van der Waals surface area contributed by atoms with Crippen LogP contribution in [0, 0.1) is 12.3 Å². The molecule has 0 atom stereocenters. The number of amides is 2. The van der Waals surface area contributed by atoms with Crippen molar-refractivity contribution in [1.82, 2.24) is 10.2 Å². The van der Waals surface area contributed by atoms with Crippen LogP contribution in [0.2, 0.25) is 0 Å². The van der Waals surface area contributed by atoms with Gasteiger partial charge in [0.25, 0.3) is 0 Å². The molecule has 0 saturated carbocycles. The molecule has 0 saturated heterocycles. The summed E-state index contributed by atoms with van der Waals surface area (Å²) >= 11 is 1.62. The molecule has 0 unspecified atom stereocenters. The maximum absolute atomic E-state index is 11.8. The number of aliphatic carboxylic acids is 1. The minimum absolute atomic E-state index is 0.0250. The molecule has 0 aromatic carbocycles. The van der Waals surface area contributed by atoms with Gasteiger partial charge in [-0.25, -0.2) is 4.79 Å². The number of urea groups is 1. The number of carbonyl (C=O) groups excluding carboxylic acids is 1. The molecule has 1 aromatic rings. The molecular weight excluding hydrogens is 264 g/mol. The van der Waals surface area contributed by atoms with Gasteiger partial charge in [0.05, 0.1) is 13.1 Å². The Balaban J connectivity index is 2.52. The molecule has 0 aliphatic carbocycles. The number of terminal acetylenes is 1. The van der Waals surface area contributed by atoms with Gasteiger partial charge in [0, 0.05) is 9.75 Å². The largest absolute Gasteiger partial charge is 0.480 e. The van der Waals surface area contributed by atoms with Crippen LogP contribution in [0.15, 0.2) is 12.1 Å². The van der Waals surface area contributed by atoms with E-state index in [2.05, 4.69) is 18.2 Å². The van der Waals surface area contributed by atoms with Crippen LogP contribution in [0.25, 0.3) is 0 Å². The maximum atomic E-state index is 11.8. The van der Waals surface area contributed by atoms with E-state index >= 15 is 0 Å². The lowest BCUT2D eigenvalue weighted by Gasteiger charge is -2.18. The number of nitrogens with one attached hydrogen (secondary N) is 1. The first-order valence-corrected chi connectivity index (χ1v) is 6.64. The summed E-state index contributed by atoms with van der Waals surface area (Å²) < 4.78 is 0. The van der Waals surface area contributed by atoms with Crippen molar-refractivity contribution in [1.29, 1.82) is 0 Å². The predicted molar refractivity (Wildman–Crippen MR) is 74.0 cm³/mol. The van der Waals surface area contributed by atoms with Gasteiger partial charge in [0.1, 0.15) is 6.54 Å². The van der Waals surface area contributed by atoms with E-state index in [0.29, 0.717) is 6.54 Å². The minimum Gasteiger partial charge on any atom is -0.480 e. The molecule has 1 aromatic heterocycles. The predicted octanol–water partition coefficient (Wildman–Crippen LogP) is 1.54. The molecule has 5 nitrogen and oxygen atoms in total. The number of carboxylic acids is 1. The number of hydrogen-bond donors (Lipinski definition) is 2. The number of carboxylic acid groups (broad SMARTS) is 1. The molecule has 2 N–H and O–H groups in total. The van der Waals surface area contributed by atoms with Gasteiger partial charge in [-0.1, -0.05) is 12.8 Å². The fraction of sp³-hybridized carbons (Fsp3) is 0.385. The monoisotopic (exact) mass is 280 g/mol. The molecule has 19 heavy (non-hydrogen) atoms. The van der Waals surface area contributed by atoms with Crippen molar-refractivity contribution < 1.29 is 14.7 Å². The third-order valence-corrected chi connectivity index (χ3v) is 3.60. The summed E-state index contributed by atoms with van der Waals surface area (Å²) in [7, 11) is 0. The molecule has 1 heterocycles. The van der Waals surface area contributed by atoms with Gasteiger partial charge in [-0.05, 0) is 18.6 Å². The second-order valence-electron chi connectivity index (χ2n) is 3.83. The van der Waals surface area contributed by atoms with Crippen LogP contribution in [0.3, 0.4) is 0 Å². The average Bonchev–Trinajstić information content (AvgIpc) is 2.83. The van der Waals surface area contributed by atoms with Gasteiger partial charge in [0.15, 0.2) is 0 Å². The molecule has 0 spiro atoms. The summed E-state index contributed by atoms with van der Waals surface area (Å²) in [6.45, 7) is 2.02. The van der Waals surface area contributed by atoms with Gasteiger partial charge in [-0.3, -0.25) is 4.79 Å². The second kappa shape index (κ2) is 7.44. The molecule has 0 bridgehead atoms. The lowest BCUT2D eigenvalue weighted by molar-refractivity contribution is -0.137. The fourth-order valence-corrected chi connectivity index (χ4v) is 2.35. The number of hydrogen-bond acceptors (Lipinski definition) is 3. The minimum atomic E-state index is -1.09.